The zero-order valence-electron chi connectivity index (χ0n) is 10.5. The smallest absolute Gasteiger partial charge is 0.320 e. The molecule has 5 nitrogen and oxygen atoms in total. The third-order valence-electron chi connectivity index (χ3n) is 2.91. The van der Waals surface area contributed by atoms with Crippen LogP contribution >= 0.6 is 11.8 Å². The minimum atomic E-state index is -0.869. The Morgan fingerprint density at radius 2 is 2.24 bits per heavy atom. The topological polar surface area (TPSA) is 60.9 Å². The van der Waals surface area contributed by atoms with Crippen LogP contribution in [0.1, 0.15) is 13.8 Å². The lowest BCUT2D eigenvalue weighted by Crippen LogP contribution is -2.50. The van der Waals surface area contributed by atoms with Crippen LogP contribution in [-0.4, -0.2) is 64.6 Å². The number of aliphatic carboxylic acids is 1. The third-order valence-corrected chi connectivity index (χ3v) is 4.10. The number of urea groups is 1. The van der Waals surface area contributed by atoms with Crippen molar-refractivity contribution >= 4 is 23.8 Å². The average molecular weight is 260 g/mol. The molecule has 2 unspecified atom stereocenters. The van der Waals surface area contributed by atoms with Crippen LogP contribution in [0.15, 0.2) is 0 Å². The molecule has 1 aliphatic heterocycles. The van der Waals surface area contributed by atoms with Crippen molar-refractivity contribution < 1.29 is 14.7 Å². The number of rotatable bonds is 3. The molecule has 2 amide bonds. The molecule has 0 aromatic rings. The number of hydrogen-bond donors (Lipinski definition) is 1. The molecule has 0 spiro atoms. The molecule has 1 saturated heterocycles. The Morgan fingerprint density at radius 3 is 2.76 bits per heavy atom. The Balaban J connectivity index is 2.53. The van der Waals surface area contributed by atoms with E-state index in [0.29, 0.717) is 0 Å². The monoisotopic (exact) mass is 260 g/mol. The van der Waals surface area contributed by atoms with Crippen molar-refractivity contribution in [3.8, 4) is 0 Å². The van der Waals surface area contributed by atoms with Gasteiger partial charge in [0.15, 0.2) is 0 Å². The molecule has 0 bridgehead atoms. The van der Waals surface area contributed by atoms with Gasteiger partial charge in [0.25, 0.3) is 0 Å². The number of amides is 2. The maximum atomic E-state index is 12.1. The first kappa shape index (κ1) is 14.2. The molecule has 1 heterocycles. The predicted molar refractivity (Wildman–Crippen MR) is 68.3 cm³/mol. The fourth-order valence-corrected chi connectivity index (χ4v) is 2.81. The van der Waals surface area contributed by atoms with Crippen molar-refractivity contribution in [2.45, 2.75) is 19.9 Å². The van der Waals surface area contributed by atoms with Crippen LogP contribution in [0.3, 0.4) is 0 Å². The highest BCUT2D eigenvalue weighted by Crippen LogP contribution is 2.17. The number of thioether (sulfide) groups is 1. The molecule has 1 fully saturated rings. The van der Waals surface area contributed by atoms with Crippen molar-refractivity contribution in [1.82, 2.24) is 9.80 Å². The molecule has 2 atom stereocenters. The molecule has 0 aliphatic carbocycles. The van der Waals surface area contributed by atoms with Gasteiger partial charge in [-0.1, -0.05) is 6.92 Å². The second kappa shape index (κ2) is 6.14. The van der Waals surface area contributed by atoms with Crippen LogP contribution < -0.4 is 0 Å². The lowest BCUT2D eigenvalue weighted by molar-refractivity contribution is -0.141. The molecular weight excluding hydrogens is 240 g/mol. The van der Waals surface area contributed by atoms with E-state index in [1.165, 1.54) is 4.90 Å². The summed E-state index contributed by atoms with van der Waals surface area (Å²) in [5, 5.41) is 8.82. The summed E-state index contributed by atoms with van der Waals surface area (Å²) in [7, 11) is 1.66. The average Bonchev–Trinajstić information content (AvgIpc) is 2.28. The number of carbonyl (C=O) groups is 2. The number of nitrogens with zero attached hydrogens (tertiary/aromatic N) is 2. The minimum absolute atomic E-state index is 0.0640. The third kappa shape index (κ3) is 3.80. The van der Waals surface area contributed by atoms with E-state index in [1.54, 1.807) is 14.0 Å². The SMILES string of the molecule is CC(CN(C)C(=O)N1CCSCC1C)C(=O)O. The maximum Gasteiger partial charge on any atom is 0.320 e. The normalized spacial score (nSPS) is 22.1. The molecule has 98 valence electrons. The van der Waals surface area contributed by atoms with Gasteiger partial charge in [0.1, 0.15) is 0 Å². The highest BCUT2D eigenvalue weighted by molar-refractivity contribution is 7.99. The Kier molecular flexibility index (Phi) is 5.11. The number of carbonyl (C=O) groups excluding carboxylic acids is 1. The number of carboxylic acids is 1. The first-order chi connectivity index (χ1) is 7.93. The summed E-state index contributed by atoms with van der Waals surface area (Å²) in [4.78, 5) is 26.2. The molecule has 1 aliphatic rings. The second-order valence-corrected chi connectivity index (χ2v) is 5.67. The molecular formula is C11H20N2O3S. The number of carboxylic acid groups (broad SMARTS) is 1. The summed E-state index contributed by atoms with van der Waals surface area (Å²) < 4.78 is 0. The van der Waals surface area contributed by atoms with Gasteiger partial charge in [0.2, 0.25) is 0 Å². The summed E-state index contributed by atoms with van der Waals surface area (Å²) in [6.07, 6.45) is 0. The van der Waals surface area contributed by atoms with Crippen molar-refractivity contribution in [1.29, 1.82) is 0 Å². The molecule has 0 radical (unpaired) electrons. The standard InChI is InChI=1S/C11H20N2O3S/c1-8(10(14)15)6-12(3)11(16)13-4-5-17-7-9(13)2/h8-9H,4-7H2,1-3H3,(H,14,15). The van der Waals surface area contributed by atoms with E-state index in [2.05, 4.69) is 0 Å². The van der Waals surface area contributed by atoms with Crippen molar-refractivity contribution in [3.05, 3.63) is 0 Å². The zero-order valence-corrected chi connectivity index (χ0v) is 11.4. The van der Waals surface area contributed by atoms with E-state index >= 15 is 0 Å². The van der Waals surface area contributed by atoms with Crippen LogP contribution in [-0.2, 0) is 4.79 Å². The van der Waals surface area contributed by atoms with E-state index in [0.717, 1.165) is 18.1 Å². The fraction of sp³-hybridized carbons (Fsp3) is 0.818. The van der Waals surface area contributed by atoms with Crippen molar-refractivity contribution in [3.63, 3.8) is 0 Å². The summed E-state index contributed by atoms with van der Waals surface area (Å²) in [6, 6.07) is 0.162. The largest absolute Gasteiger partial charge is 0.481 e. The highest BCUT2D eigenvalue weighted by Gasteiger charge is 2.27. The summed E-state index contributed by atoms with van der Waals surface area (Å²) in [6.45, 7) is 4.64. The Morgan fingerprint density at radius 1 is 1.59 bits per heavy atom. The molecule has 1 rings (SSSR count). The van der Waals surface area contributed by atoms with Gasteiger partial charge < -0.3 is 14.9 Å². The first-order valence-electron chi connectivity index (χ1n) is 5.75. The molecule has 0 aromatic heterocycles. The van der Waals surface area contributed by atoms with Gasteiger partial charge in [-0.05, 0) is 6.92 Å². The van der Waals surface area contributed by atoms with Crippen LogP contribution in [0.25, 0.3) is 0 Å². The first-order valence-corrected chi connectivity index (χ1v) is 6.91. The van der Waals surface area contributed by atoms with Crippen LogP contribution in [0.2, 0.25) is 0 Å². The van der Waals surface area contributed by atoms with Crippen LogP contribution in [0, 0.1) is 5.92 Å². The van der Waals surface area contributed by atoms with Gasteiger partial charge >= 0.3 is 12.0 Å². The number of hydrogen-bond acceptors (Lipinski definition) is 3. The van der Waals surface area contributed by atoms with Gasteiger partial charge in [0, 0.05) is 37.7 Å². The minimum Gasteiger partial charge on any atom is -0.481 e. The van der Waals surface area contributed by atoms with Crippen molar-refractivity contribution in [2.75, 3.05) is 31.6 Å². The Bertz CT molecular complexity index is 298. The van der Waals surface area contributed by atoms with Gasteiger partial charge in [-0.25, -0.2) is 4.79 Å². The molecule has 1 N–H and O–H groups in total. The summed E-state index contributed by atoms with van der Waals surface area (Å²) >= 11 is 1.85. The van der Waals surface area contributed by atoms with E-state index in [4.69, 9.17) is 5.11 Å². The van der Waals surface area contributed by atoms with E-state index in [1.807, 2.05) is 23.6 Å². The summed E-state index contributed by atoms with van der Waals surface area (Å²) in [5.74, 6) is 0.511. The quantitative estimate of drug-likeness (QED) is 0.828. The van der Waals surface area contributed by atoms with Crippen LogP contribution in [0.5, 0.6) is 0 Å². The predicted octanol–water partition coefficient (Wildman–Crippen LogP) is 1.20. The molecule has 6 heteroatoms. The van der Waals surface area contributed by atoms with Crippen LogP contribution in [0.4, 0.5) is 4.79 Å². The van der Waals surface area contributed by atoms with Gasteiger partial charge in [0.05, 0.1) is 5.92 Å². The van der Waals surface area contributed by atoms with E-state index < -0.39 is 11.9 Å². The van der Waals surface area contributed by atoms with E-state index in [-0.39, 0.29) is 18.6 Å². The zero-order chi connectivity index (χ0) is 13.0. The van der Waals surface area contributed by atoms with Gasteiger partial charge in [-0.2, -0.15) is 11.8 Å². The Labute approximate surface area is 106 Å². The Hall–Kier alpha value is -0.910. The molecule has 17 heavy (non-hydrogen) atoms. The summed E-state index contributed by atoms with van der Waals surface area (Å²) in [5.41, 5.74) is 0. The lowest BCUT2D eigenvalue weighted by atomic mass is 10.2. The van der Waals surface area contributed by atoms with Gasteiger partial charge in [-0.15, -0.1) is 0 Å². The molecule has 0 saturated carbocycles. The molecule has 0 aromatic carbocycles. The second-order valence-electron chi connectivity index (χ2n) is 4.52. The lowest BCUT2D eigenvalue weighted by Gasteiger charge is -2.36. The highest BCUT2D eigenvalue weighted by atomic mass is 32.2. The van der Waals surface area contributed by atoms with Crippen molar-refractivity contribution in [2.24, 2.45) is 5.92 Å². The van der Waals surface area contributed by atoms with E-state index in [9.17, 15) is 9.59 Å². The van der Waals surface area contributed by atoms with Gasteiger partial charge in [-0.3, -0.25) is 4.79 Å². The fourth-order valence-electron chi connectivity index (χ4n) is 1.80. The maximum absolute atomic E-state index is 12.1.